The molecule has 3 rings (SSSR count). The molecule has 6 nitrogen and oxygen atoms in total. The van der Waals surface area contributed by atoms with Crippen molar-refractivity contribution in [1.29, 1.82) is 0 Å². The first kappa shape index (κ1) is 15.5. The van der Waals surface area contributed by atoms with Crippen molar-refractivity contribution in [2.24, 2.45) is 0 Å². The molecule has 0 fully saturated rings. The molecule has 0 saturated heterocycles. The van der Waals surface area contributed by atoms with E-state index in [0.29, 0.717) is 6.54 Å². The Balaban J connectivity index is 1.67. The van der Waals surface area contributed by atoms with Gasteiger partial charge in [0, 0.05) is 30.0 Å². The number of nitrogens with one attached hydrogen (secondary N) is 2. The summed E-state index contributed by atoms with van der Waals surface area (Å²) in [6.07, 6.45) is 0.242. The minimum Gasteiger partial charge on any atom is -0.326 e. The van der Waals surface area contributed by atoms with Gasteiger partial charge in [-0.3, -0.25) is 9.36 Å². The molecular formula is C16H18N4O2S. The van der Waals surface area contributed by atoms with Crippen molar-refractivity contribution in [3.05, 3.63) is 45.1 Å². The molecule has 1 aromatic carbocycles. The van der Waals surface area contributed by atoms with Crippen LogP contribution in [0.5, 0.6) is 0 Å². The second-order valence-electron chi connectivity index (χ2n) is 5.51. The Morgan fingerprint density at radius 3 is 2.83 bits per heavy atom. The third kappa shape index (κ3) is 3.19. The first-order valence-corrected chi connectivity index (χ1v) is 8.19. The first-order chi connectivity index (χ1) is 10.9. The molecule has 0 aliphatic rings. The zero-order valence-corrected chi connectivity index (χ0v) is 14.1. The highest BCUT2D eigenvalue weighted by atomic mass is 32.1. The molecule has 2 heterocycles. The van der Waals surface area contributed by atoms with E-state index in [2.05, 4.69) is 15.3 Å². The molecule has 0 bridgehead atoms. The Hall–Kier alpha value is -2.41. The number of amides is 1. The summed E-state index contributed by atoms with van der Waals surface area (Å²) in [7, 11) is 0. The number of rotatable bonds is 4. The molecule has 0 radical (unpaired) electrons. The molecule has 23 heavy (non-hydrogen) atoms. The van der Waals surface area contributed by atoms with Gasteiger partial charge in [-0.15, -0.1) is 11.3 Å². The minimum atomic E-state index is -0.174. The van der Waals surface area contributed by atoms with Gasteiger partial charge in [-0.05, 0) is 39.0 Å². The van der Waals surface area contributed by atoms with Gasteiger partial charge in [0.05, 0.1) is 15.2 Å². The molecule has 1 amide bonds. The van der Waals surface area contributed by atoms with Crippen molar-refractivity contribution in [2.75, 3.05) is 5.32 Å². The molecule has 2 N–H and O–H groups in total. The Bertz CT molecular complexity index is 935. The molecule has 3 aromatic rings. The van der Waals surface area contributed by atoms with Crippen LogP contribution >= 0.6 is 11.3 Å². The predicted octanol–water partition coefficient (Wildman–Crippen LogP) is 2.74. The lowest BCUT2D eigenvalue weighted by Gasteiger charge is -2.07. The van der Waals surface area contributed by atoms with Crippen LogP contribution in [0.3, 0.4) is 0 Å². The summed E-state index contributed by atoms with van der Waals surface area (Å²) in [5, 5.41) is 3.86. The Morgan fingerprint density at radius 1 is 1.35 bits per heavy atom. The molecule has 0 saturated carbocycles. The fourth-order valence-electron chi connectivity index (χ4n) is 2.50. The highest BCUT2D eigenvalue weighted by molar-refractivity contribution is 7.18. The maximum absolute atomic E-state index is 12.1. The highest BCUT2D eigenvalue weighted by Gasteiger charge is 2.10. The number of anilines is 1. The summed E-state index contributed by atoms with van der Waals surface area (Å²) in [6.45, 7) is 6.03. The zero-order chi connectivity index (χ0) is 16.6. The number of carbonyl (C=O) groups is 1. The number of aryl methyl sites for hydroxylation is 2. The first-order valence-electron chi connectivity index (χ1n) is 7.37. The van der Waals surface area contributed by atoms with Crippen LogP contribution in [-0.2, 0) is 11.3 Å². The average Bonchev–Trinajstić information content (AvgIpc) is 2.96. The normalized spacial score (nSPS) is 11.1. The van der Waals surface area contributed by atoms with E-state index in [-0.39, 0.29) is 18.0 Å². The molecule has 0 spiro atoms. The summed E-state index contributed by atoms with van der Waals surface area (Å²) in [5.74, 6) is -0.124. The number of nitrogens with zero attached hydrogens (tertiary/aromatic N) is 2. The van der Waals surface area contributed by atoms with Crippen LogP contribution in [-0.4, -0.2) is 20.4 Å². The number of imidazole rings is 1. The van der Waals surface area contributed by atoms with Crippen LogP contribution in [0.15, 0.2) is 23.0 Å². The van der Waals surface area contributed by atoms with Crippen LogP contribution in [0.25, 0.3) is 10.2 Å². The van der Waals surface area contributed by atoms with Gasteiger partial charge in [0.1, 0.15) is 0 Å². The number of aromatic nitrogens is 3. The zero-order valence-electron chi connectivity index (χ0n) is 13.3. The van der Waals surface area contributed by atoms with E-state index in [0.717, 1.165) is 32.3 Å². The summed E-state index contributed by atoms with van der Waals surface area (Å²) >= 11 is 1.63. The lowest BCUT2D eigenvalue weighted by molar-refractivity contribution is -0.116. The van der Waals surface area contributed by atoms with Crippen molar-refractivity contribution >= 4 is 33.1 Å². The number of aromatic amines is 1. The van der Waals surface area contributed by atoms with Crippen LogP contribution in [0.1, 0.15) is 22.8 Å². The fourth-order valence-corrected chi connectivity index (χ4v) is 3.31. The van der Waals surface area contributed by atoms with E-state index in [4.69, 9.17) is 0 Å². The third-order valence-electron chi connectivity index (χ3n) is 3.83. The summed E-state index contributed by atoms with van der Waals surface area (Å²) < 4.78 is 2.69. The summed E-state index contributed by atoms with van der Waals surface area (Å²) in [4.78, 5) is 31.0. The standard InChI is InChI=1S/C16H18N4O2S/c1-9-10(2)20(16(22)17-9)7-6-15(21)19-12-4-5-14-13(8-12)18-11(3)23-14/h4-5,8H,6-7H2,1-3H3,(H,17,22)(H,19,21). The number of H-pyrrole nitrogens is 1. The van der Waals surface area contributed by atoms with Gasteiger partial charge >= 0.3 is 5.69 Å². The number of benzene rings is 1. The van der Waals surface area contributed by atoms with Gasteiger partial charge < -0.3 is 10.3 Å². The third-order valence-corrected chi connectivity index (χ3v) is 4.78. The van der Waals surface area contributed by atoms with Gasteiger partial charge in [0.15, 0.2) is 0 Å². The smallest absolute Gasteiger partial charge is 0.325 e. The van der Waals surface area contributed by atoms with Gasteiger partial charge in [-0.1, -0.05) is 0 Å². The SMILES string of the molecule is Cc1nc2cc(NC(=O)CCn3c(C)c(C)[nH]c3=O)ccc2s1. The van der Waals surface area contributed by atoms with Crippen LogP contribution in [0, 0.1) is 20.8 Å². The minimum absolute atomic E-state index is 0.124. The van der Waals surface area contributed by atoms with Gasteiger partial charge in [0.25, 0.3) is 0 Å². The largest absolute Gasteiger partial charge is 0.326 e. The van der Waals surface area contributed by atoms with E-state index < -0.39 is 0 Å². The Morgan fingerprint density at radius 2 is 2.13 bits per heavy atom. The lowest BCUT2D eigenvalue weighted by Crippen LogP contribution is -2.22. The lowest BCUT2D eigenvalue weighted by atomic mass is 10.3. The molecule has 7 heteroatoms. The van der Waals surface area contributed by atoms with Crippen molar-refractivity contribution in [3.63, 3.8) is 0 Å². The van der Waals surface area contributed by atoms with Crippen molar-refractivity contribution in [1.82, 2.24) is 14.5 Å². The molecule has 120 valence electrons. The number of hydrogen-bond acceptors (Lipinski definition) is 4. The topological polar surface area (TPSA) is 79.8 Å². The average molecular weight is 330 g/mol. The monoisotopic (exact) mass is 330 g/mol. The van der Waals surface area contributed by atoms with Crippen LogP contribution < -0.4 is 11.0 Å². The van der Waals surface area contributed by atoms with Gasteiger partial charge in [-0.2, -0.15) is 0 Å². The predicted molar refractivity (Wildman–Crippen MR) is 92.1 cm³/mol. The molecule has 0 aliphatic carbocycles. The van der Waals surface area contributed by atoms with Crippen LogP contribution in [0.2, 0.25) is 0 Å². The molecule has 2 aromatic heterocycles. The maximum atomic E-state index is 12.1. The van der Waals surface area contributed by atoms with E-state index in [1.54, 1.807) is 15.9 Å². The fraction of sp³-hybridized carbons (Fsp3) is 0.312. The Labute approximate surface area is 137 Å². The number of thiazole rings is 1. The molecule has 0 unspecified atom stereocenters. The molecular weight excluding hydrogens is 312 g/mol. The number of carbonyl (C=O) groups excluding carboxylic acids is 1. The number of hydrogen-bond donors (Lipinski definition) is 2. The van der Waals surface area contributed by atoms with Crippen molar-refractivity contribution in [2.45, 2.75) is 33.7 Å². The van der Waals surface area contributed by atoms with Crippen molar-refractivity contribution in [3.8, 4) is 0 Å². The van der Waals surface area contributed by atoms with E-state index >= 15 is 0 Å². The van der Waals surface area contributed by atoms with E-state index in [1.165, 1.54) is 0 Å². The van der Waals surface area contributed by atoms with Gasteiger partial charge in [0.2, 0.25) is 5.91 Å². The maximum Gasteiger partial charge on any atom is 0.325 e. The second kappa shape index (κ2) is 6.00. The quantitative estimate of drug-likeness (QED) is 0.772. The van der Waals surface area contributed by atoms with E-state index in [9.17, 15) is 9.59 Å². The van der Waals surface area contributed by atoms with E-state index in [1.807, 2.05) is 39.0 Å². The molecule has 0 atom stereocenters. The van der Waals surface area contributed by atoms with Crippen LogP contribution in [0.4, 0.5) is 5.69 Å². The number of fused-ring (bicyclic) bond motifs is 1. The van der Waals surface area contributed by atoms with Crippen molar-refractivity contribution < 1.29 is 4.79 Å². The highest BCUT2D eigenvalue weighted by Crippen LogP contribution is 2.24. The summed E-state index contributed by atoms with van der Waals surface area (Å²) in [6, 6.07) is 5.70. The van der Waals surface area contributed by atoms with Gasteiger partial charge in [-0.25, -0.2) is 9.78 Å². The summed E-state index contributed by atoms with van der Waals surface area (Å²) in [5.41, 5.74) is 3.13. The second-order valence-corrected chi connectivity index (χ2v) is 6.74. The Kier molecular flexibility index (Phi) is 4.04. The molecule has 0 aliphatic heterocycles.